The largest absolute Gasteiger partial charge is 0.294 e. The average molecular weight is 275 g/mol. The van der Waals surface area contributed by atoms with Crippen LogP contribution >= 0.6 is 0 Å². The second kappa shape index (κ2) is 4.93. The van der Waals surface area contributed by atoms with Gasteiger partial charge in [-0.2, -0.15) is 0 Å². The van der Waals surface area contributed by atoms with E-state index in [1.807, 2.05) is 0 Å². The lowest BCUT2D eigenvalue weighted by Crippen LogP contribution is -1.97. The third-order valence-corrected chi connectivity index (χ3v) is 3.85. The van der Waals surface area contributed by atoms with Gasteiger partial charge in [-0.25, -0.2) is 8.42 Å². The maximum atomic E-state index is 11.5. The van der Waals surface area contributed by atoms with Crippen molar-refractivity contribution in [2.75, 3.05) is 6.26 Å². The van der Waals surface area contributed by atoms with Crippen LogP contribution in [0.3, 0.4) is 0 Å². The number of ketones is 1. The maximum Gasteiger partial charge on any atom is 0.175 e. The average Bonchev–Trinajstić information content (AvgIpc) is 2.38. The highest BCUT2D eigenvalue weighted by Gasteiger charge is 2.09. The van der Waals surface area contributed by atoms with Gasteiger partial charge in [-0.3, -0.25) is 9.78 Å². The molecule has 1 aromatic carbocycles. The fourth-order valence-corrected chi connectivity index (χ4v) is 2.36. The number of benzene rings is 1. The van der Waals surface area contributed by atoms with Crippen molar-refractivity contribution >= 4 is 15.6 Å². The molecule has 0 saturated carbocycles. The van der Waals surface area contributed by atoms with Gasteiger partial charge in [0.15, 0.2) is 15.6 Å². The Morgan fingerprint density at radius 1 is 1.11 bits per heavy atom. The van der Waals surface area contributed by atoms with Crippen LogP contribution in [0.25, 0.3) is 11.1 Å². The summed E-state index contributed by atoms with van der Waals surface area (Å²) in [7, 11) is -3.25. The van der Waals surface area contributed by atoms with E-state index in [1.165, 1.54) is 13.1 Å². The number of carbonyl (C=O) groups excluding carboxylic acids is 1. The maximum absolute atomic E-state index is 11.5. The standard InChI is InChI=1S/C14H13NO3S/c1-10(16)12-6-13(9-15-8-12)11-4-3-5-14(7-11)19(2,17)18/h3-9H,1-2H3. The van der Waals surface area contributed by atoms with E-state index in [2.05, 4.69) is 4.98 Å². The topological polar surface area (TPSA) is 64.1 Å². The van der Waals surface area contributed by atoms with Gasteiger partial charge >= 0.3 is 0 Å². The van der Waals surface area contributed by atoms with Gasteiger partial charge in [0.25, 0.3) is 0 Å². The van der Waals surface area contributed by atoms with E-state index in [9.17, 15) is 13.2 Å². The highest BCUT2D eigenvalue weighted by atomic mass is 32.2. The number of Topliss-reactive ketones (excluding diaryl/α,β-unsaturated/α-hetero) is 1. The molecule has 1 aromatic heterocycles. The first kappa shape index (κ1) is 13.4. The number of sulfone groups is 1. The molecule has 0 bridgehead atoms. The van der Waals surface area contributed by atoms with Crippen LogP contribution in [-0.2, 0) is 9.84 Å². The van der Waals surface area contributed by atoms with Crippen molar-refractivity contribution in [2.24, 2.45) is 0 Å². The summed E-state index contributed by atoms with van der Waals surface area (Å²) in [5.74, 6) is -0.0754. The molecule has 0 unspecified atom stereocenters. The highest BCUT2D eigenvalue weighted by molar-refractivity contribution is 7.90. The summed E-state index contributed by atoms with van der Waals surface area (Å²) in [5.41, 5.74) is 1.94. The van der Waals surface area contributed by atoms with Crippen LogP contribution in [0.5, 0.6) is 0 Å². The Balaban J connectivity index is 2.54. The minimum Gasteiger partial charge on any atom is -0.294 e. The molecule has 0 aliphatic rings. The predicted molar refractivity (Wildman–Crippen MR) is 72.8 cm³/mol. The predicted octanol–water partition coefficient (Wildman–Crippen LogP) is 2.35. The zero-order valence-electron chi connectivity index (χ0n) is 10.6. The van der Waals surface area contributed by atoms with Gasteiger partial charge in [0.1, 0.15) is 0 Å². The molecule has 4 nitrogen and oxygen atoms in total. The van der Waals surface area contributed by atoms with Crippen molar-refractivity contribution in [2.45, 2.75) is 11.8 Å². The number of nitrogens with zero attached hydrogens (tertiary/aromatic N) is 1. The van der Waals surface area contributed by atoms with E-state index < -0.39 is 9.84 Å². The number of hydrogen-bond acceptors (Lipinski definition) is 4. The minimum absolute atomic E-state index is 0.0754. The molecule has 0 saturated heterocycles. The first-order valence-corrected chi connectivity index (χ1v) is 7.53. The zero-order valence-corrected chi connectivity index (χ0v) is 11.4. The Bertz CT molecular complexity index is 736. The van der Waals surface area contributed by atoms with E-state index in [1.54, 1.807) is 36.5 Å². The molecule has 0 fully saturated rings. The van der Waals surface area contributed by atoms with Crippen LogP contribution in [0.1, 0.15) is 17.3 Å². The van der Waals surface area contributed by atoms with Crippen LogP contribution in [-0.4, -0.2) is 25.4 Å². The van der Waals surface area contributed by atoms with E-state index in [0.29, 0.717) is 5.56 Å². The second-order valence-corrected chi connectivity index (χ2v) is 6.33. The van der Waals surface area contributed by atoms with Gasteiger partial charge < -0.3 is 0 Å². The Morgan fingerprint density at radius 2 is 1.84 bits per heavy atom. The molecule has 0 aliphatic carbocycles. The quantitative estimate of drug-likeness (QED) is 0.807. The normalized spacial score (nSPS) is 11.3. The summed E-state index contributed by atoms with van der Waals surface area (Å²) in [6.07, 6.45) is 4.26. The number of carbonyl (C=O) groups is 1. The Labute approximate surface area is 112 Å². The van der Waals surface area contributed by atoms with Gasteiger partial charge in [0, 0.05) is 29.8 Å². The smallest absolute Gasteiger partial charge is 0.175 e. The molecule has 0 spiro atoms. The molecule has 2 aromatic rings. The van der Waals surface area contributed by atoms with Crippen LogP contribution in [0.2, 0.25) is 0 Å². The molecule has 19 heavy (non-hydrogen) atoms. The molecule has 98 valence electrons. The first-order valence-electron chi connectivity index (χ1n) is 5.64. The number of hydrogen-bond donors (Lipinski definition) is 0. The summed E-state index contributed by atoms with van der Waals surface area (Å²) >= 11 is 0. The summed E-state index contributed by atoms with van der Waals surface area (Å²) in [5, 5.41) is 0. The molecule has 0 aliphatic heterocycles. The van der Waals surface area contributed by atoms with Gasteiger partial charge in [-0.15, -0.1) is 0 Å². The Hall–Kier alpha value is -2.01. The number of rotatable bonds is 3. The van der Waals surface area contributed by atoms with E-state index in [0.717, 1.165) is 17.4 Å². The van der Waals surface area contributed by atoms with Crippen molar-refractivity contribution in [3.8, 4) is 11.1 Å². The number of aromatic nitrogens is 1. The van der Waals surface area contributed by atoms with Crippen LogP contribution in [0, 0.1) is 0 Å². The van der Waals surface area contributed by atoms with Gasteiger partial charge in [-0.05, 0) is 30.7 Å². The Kier molecular flexibility index (Phi) is 3.48. The summed E-state index contributed by atoms with van der Waals surface area (Å²) in [4.78, 5) is 15.6. The third kappa shape index (κ3) is 3.06. The molecule has 0 N–H and O–H groups in total. The highest BCUT2D eigenvalue weighted by Crippen LogP contribution is 2.22. The van der Waals surface area contributed by atoms with E-state index in [4.69, 9.17) is 0 Å². The molecule has 0 atom stereocenters. The molecule has 0 radical (unpaired) electrons. The molecular formula is C14H13NO3S. The molecule has 0 amide bonds. The SMILES string of the molecule is CC(=O)c1cncc(-c2cccc(S(C)(=O)=O)c2)c1. The van der Waals surface area contributed by atoms with Crippen molar-refractivity contribution in [1.82, 2.24) is 4.98 Å². The van der Waals surface area contributed by atoms with Gasteiger partial charge in [0.2, 0.25) is 0 Å². The van der Waals surface area contributed by atoms with E-state index >= 15 is 0 Å². The fourth-order valence-electron chi connectivity index (χ4n) is 1.70. The Morgan fingerprint density at radius 3 is 2.47 bits per heavy atom. The molecule has 1 heterocycles. The summed E-state index contributed by atoms with van der Waals surface area (Å²) < 4.78 is 23.0. The lowest BCUT2D eigenvalue weighted by atomic mass is 10.1. The lowest BCUT2D eigenvalue weighted by Gasteiger charge is -2.05. The summed E-state index contributed by atoms with van der Waals surface area (Å²) in [6, 6.07) is 8.29. The number of pyridine rings is 1. The minimum atomic E-state index is -3.25. The third-order valence-electron chi connectivity index (χ3n) is 2.74. The van der Waals surface area contributed by atoms with Crippen molar-refractivity contribution in [3.05, 3.63) is 48.3 Å². The summed E-state index contributed by atoms with van der Waals surface area (Å²) in [6.45, 7) is 1.47. The molecular weight excluding hydrogens is 262 g/mol. The van der Waals surface area contributed by atoms with Gasteiger partial charge in [0.05, 0.1) is 4.90 Å². The lowest BCUT2D eigenvalue weighted by molar-refractivity contribution is 0.101. The van der Waals surface area contributed by atoms with Gasteiger partial charge in [-0.1, -0.05) is 12.1 Å². The van der Waals surface area contributed by atoms with Crippen LogP contribution in [0.4, 0.5) is 0 Å². The van der Waals surface area contributed by atoms with Crippen molar-refractivity contribution in [3.63, 3.8) is 0 Å². The monoisotopic (exact) mass is 275 g/mol. The zero-order chi connectivity index (χ0) is 14.0. The van der Waals surface area contributed by atoms with Crippen molar-refractivity contribution in [1.29, 1.82) is 0 Å². The second-order valence-electron chi connectivity index (χ2n) is 4.32. The molecule has 5 heteroatoms. The first-order chi connectivity index (χ1) is 8.88. The van der Waals surface area contributed by atoms with Crippen molar-refractivity contribution < 1.29 is 13.2 Å². The molecule has 2 rings (SSSR count). The van der Waals surface area contributed by atoms with E-state index in [-0.39, 0.29) is 10.7 Å². The van der Waals surface area contributed by atoms with Crippen LogP contribution in [0.15, 0.2) is 47.6 Å². The fraction of sp³-hybridized carbons (Fsp3) is 0.143. The van der Waals surface area contributed by atoms with Crippen LogP contribution < -0.4 is 0 Å².